The van der Waals surface area contributed by atoms with Crippen molar-refractivity contribution in [1.29, 1.82) is 0 Å². The second-order valence-corrected chi connectivity index (χ2v) is 33.4. The Morgan fingerprint density at radius 2 is 0.485 bits per heavy atom. The molecule has 0 rings (SSSR count). The number of unbranched alkanes of at least 4 members (excludes halogenated alkanes) is 42. The standard InChI is InChI=1S/C80H156O17P2/c1-9-73(8)59-51-43-38-39-45-53-61-78(83)91-67-76(97-80(85)62-54-46-36-30-23-17-13-11-10-12-15-20-26-32-40-48-56-70(2)3)69-95-99(88,89)93-65-74(81)64-92-98(86,87)94-68-75(66-90-77(82)60-52-44-35-29-25-19-22-28-34-42-50-58-72(6)7)96-79(84)63-55-47-37-31-24-18-14-16-21-27-33-41-49-57-71(4)5/h70-76,81H,9-69H2,1-8H3,(H,86,87)(H,88,89)/t73?,74-,75-,76-/m1/s1. The maximum Gasteiger partial charge on any atom is 0.472 e. The lowest BCUT2D eigenvalue weighted by atomic mass is 10.00. The largest absolute Gasteiger partial charge is 0.472 e. The molecule has 0 fully saturated rings. The van der Waals surface area contributed by atoms with Gasteiger partial charge >= 0.3 is 39.5 Å². The van der Waals surface area contributed by atoms with E-state index in [-0.39, 0.29) is 25.7 Å². The van der Waals surface area contributed by atoms with Crippen LogP contribution in [0.5, 0.6) is 0 Å². The van der Waals surface area contributed by atoms with E-state index in [1.807, 2.05) is 0 Å². The van der Waals surface area contributed by atoms with Crippen molar-refractivity contribution in [1.82, 2.24) is 0 Å². The Balaban J connectivity index is 5.24. The Morgan fingerprint density at radius 3 is 0.717 bits per heavy atom. The lowest BCUT2D eigenvalue weighted by molar-refractivity contribution is -0.161. The molecule has 0 aromatic carbocycles. The van der Waals surface area contributed by atoms with Crippen molar-refractivity contribution in [2.24, 2.45) is 23.7 Å². The number of rotatable bonds is 77. The number of carbonyl (C=O) groups is 4. The third-order valence-electron chi connectivity index (χ3n) is 18.9. The number of phosphoric acid groups is 2. The smallest absolute Gasteiger partial charge is 0.462 e. The first-order valence-electron chi connectivity index (χ1n) is 41.2. The van der Waals surface area contributed by atoms with E-state index in [9.17, 15) is 43.2 Å². The number of aliphatic hydroxyl groups is 1. The zero-order valence-electron chi connectivity index (χ0n) is 65.1. The van der Waals surface area contributed by atoms with E-state index in [0.717, 1.165) is 120 Å². The number of hydrogen-bond donors (Lipinski definition) is 3. The van der Waals surface area contributed by atoms with Gasteiger partial charge in [-0.15, -0.1) is 0 Å². The van der Waals surface area contributed by atoms with Gasteiger partial charge in [-0.1, -0.05) is 357 Å². The number of aliphatic hydroxyl groups excluding tert-OH is 1. The van der Waals surface area contributed by atoms with Gasteiger partial charge in [-0.05, 0) is 49.4 Å². The summed E-state index contributed by atoms with van der Waals surface area (Å²) in [5.74, 6) is 0.982. The Morgan fingerprint density at radius 1 is 0.283 bits per heavy atom. The average molecular weight is 1450 g/mol. The second kappa shape index (κ2) is 69.1. The van der Waals surface area contributed by atoms with Gasteiger partial charge in [0.15, 0.2) is 12.2 Å². The number of esters is 4. The molecule has 19 heteroatoms. The van der Waals surface area contributed by atoms with Gasteiger partial charge in [0.2, 0.25) is 0 Å². The summed E-state index contributed by atoms with van der Waals surface area (Å²) in [7, 11) is -9.92. The minimum absolute atomic E-state index is 0.107. The molecule has 99 heavy (non-hydrogen) atoms. The lowest BCUT2D eigenvalue weighted by Crippen LogP contribution is -2.30. The Bertz CT molecular complexity index is 1940. The lowest BCUT2D eigenvalue weighted by Gasteiger charge is -2.21. The fourth-order valence-corrected chi connectivity index (χ4v) is 13.8. The predicted octanol–water partition coefficient (Wildman–Crippen LogP) is 23.6. The van der Waals surface area contributed by atoms with E-state index in [2.05, 4.69) is 55.4 Å². The van der Waals surface area contributed by atoms with Crippen LogP contribution < -0.4 is 0 Å². The molecule has 0 heterocycles. The molecule has 0 bridgehead atoms. The molecule has 0 aliphatic rings. The number of hydrogen-bond acceptors (Lipinski definition) is 15. The van der Waals surface area contributed by atoms with E-state index < -0.39 is 97.5 Å². The van der Waals surface area contributed by atoms with Crippen LogP contribution in [0.15, 0.2) is 0 Å². The zero-order chi connectivity index (χ0) is 73.1. The van der Waals surface area contributed by atoms with Crippen LogP contribution in [0.25, 0.3) is 0 Å². The molecule has 0 spiro atoms. The number of ether oxygens (including phenoxy) is 4. The highest BCUT2D eigenvalue weighted by atomic mass is 31.2. The first-order chi connectivity index (χ1) is 47.6. The van der Waals surface area contributed by atoms with E-state index in [1.54, 1.807) is 0 Å². The van der Waals surface area contributed by atoms with Crippen molar-refractivity contribution >= 4 is 39.5 Å². The first-order valence-corrected chi connectivity index (χ1v) is 44.2. The SMILES string of the molecule is CCC(C)CCCCCCCCC(=O)OC[C@H](COP(=O)(O)OC[C@H](O)COP(=O)(O)OC[C@@H](COC(=O)CCCCCCCCCCCCCC(C)C)OC(=O)CCCCCCCCCCCCCCCC(C)C)OC(=O)CCCCCCCCCCCCCCCCCCC(C)C. The summed E-state index contributed by atoms with van der Waals surface area (Å²) in [5, 5.41) is 10.6. The normalized spacial score (nSPS) is 14.3. The van der Waals surface area contributed by atoms with Crippen LogP contribution in [0, 0.1) is 23.7 Å². The maximum absolute atomic E-state index is 13.1. The van der Waals surface area contributed by atoms with Gasteiger partial charge < -0.3 is 33.8 Å². The second-order valence-electron chi connectivity index (χ2n) is 30.5. The Labute approximate surface area is 607 Å². The fourth-order valence-electron chi connectivity index (χ4n) is 12.2. The Hall–Kier alpha value is -1.94. The Kier molecular flexibility index (Phi) is 67.8. The quantitative estimate of drug-likeness (QED) is 0.0222. The zero-order valence-corrected chi connectivity index (χ0v) is 66.9. The molecule has 0 aromatic rings. The molecule has 17 nitrogen and oxygen atoms in total. The average Bonchev–Trinajstić information content (AvgIpc) is 1.02. The van der Waals surface area contributed by atoms with Gasteiger partial charge in [0.25, 0.3) is 0 Å². The van der Waals surface area contributed by atoms with Crippen molar-refractivity contribution < 1.29 is 80.2 Å². The summed E-state index contributed by atoms with van der Waals surface area (Å²) in [6.07, 6.45) is 55.5. The van der Waals surface area contributed by atoms with E-state index in [4.69, 9.17) is 37.0 Å². The van der Waals surface area contributed by atoms with Crippen molar-refractivity contribution in [3.8, 4) is 0 Å². The molecule has 0 saturated heterocycles. The van der Waals surface area contributed by atoms with Gasteiger partial charge in [-0.25, -0.2) is 9.13 Å². The minimum atomic E-state index is -4.96. The van der Waals surface area contributed by atoms with Crippen LogP contribution in [0.3, 0.4) is 0 Å². The van der Waals surface area contributed by atoms with E-state index >= 15 is 0 Å². The topological polar surface area (TPSA) is 237 Å². The van der Waals surface area contributed by atoms with Crippen LogP contribution in [0.4, 0.5) is 0 Å². The van der Waals surface area contributed by atoms with Crippen LogP contribution >= 0.6 is 15.6 Å². The van der Waals surface area contributed by atoms with Crippen LogP contribution in [0.2, 0.25) is 0 Å². The van der Waals surface area contributed by atoms with Gasteiger partial charge in [0.05, 0.1) is 26.4 Å². The molecule has 6 atom stereocenters. The van der Waals surface area contributed by atoms with Crippen molar-refractivity contribution in [2.75, 3.05) is 39.6 Å². The molecule has 0 amide bonds. The molecular formula is C80H156O17P2. The third-order valence-corrected chi connectivity index (χ3v) is 20.8. The van der Waals surface area contributed by atoms with E-state index in [1.165, 1.54) is 205 Å². The molecule has 0 aliphatic heterocycles. The van der Waals surface area contributed by atoms with Gasteiger partial charge in [-0.2, -0.15) is 0 Å². The summed E-state index contributed by atoms with van der Waals surface area (Å²) >= 11 is 0. The van der Waals surface area contributed by atoms with Crippen molar-refractivity contribution in [2.45, 2.75) is 427 Å². The highest BCUT2D eigenvalue weighted by Gasteiger charge is 2.30. The summed E-state index contributed by atoms with van der Waals surface area (Å²) in [5.41, 5.74) is 0. The molecule has 0 saturated carbocycles. The predicted molar refractivity (Wildman–Crippen MR) is 404 cm³/mol. The number of carbonyl (C=O) groups excluding carboxylic acids is 4. The fraction of sp³-hybridized carbons (Fsp3) is 0.950. The molecule has 0 aliphatic carbocycles. The highest BCUT2D eigenvalue weighted by molar-refractivity contribution is 7.47. The first kappa shape index (κ1) is 97.1. The molecule has 0 radical (unpaired) electrons. The molecule has 3 unspecified atom stereocenters. The van der Waals surface area contributed by atoms with Crippen molar-refractivity contribution in [3.63, 3.8) is 0 Å². The summed E-state index contributed by atoms with van der Waals surface area (Å²) in [4.78, 5) is 73.0. The minimum Gasteiger partial charge on any atom is -0.462 e. The molecule has 0 aromatic heterocycles. The maximum atomic E-state index is 13.1. The third kappa shape index (κ3) is 72.8. The van der Waals surface area contributed by atoms with Gasteiger partial charge in [0.1, 0.15) is 19.3 Å². The van der Waals surface area contributed by atoms with Gasteiger partial charge in [-0.3, -0.25) is 37.3 Å². The molecular weight excluding hydrogens is 1290 g/mol. The monoisotopic (exact) mass is 1450 g/mol. The highest BCUT2D eigenvalue weighted by Crippen LogP contribution is 2.45. The van der Waals surface area contributed by atoms with Crippen LogP contribution in [0.1, 0.15) is 409 Å². The molecule has 3 N–H and O–H groups in total. The van der Waals surface area contributed by atoms with Crippen molar-refractivity contribution in [3.05, 3.63) is 0 Å². The molecule has 588 valence electrons. The summed E-state index contributed by atoms with van der Waals surface area (Å²) < 4.78 is 68.7. The summed E-state index contributed by atoms with van der Waals surface area (Å²) in [6, 6.07) is 0. The number of phosphoric ester groups is 2. The summed E-state index contributed by atoms with van der Waals surface area (Å²) in [6.45, 7) is 14.2. The van der Waals surface area contributed by atoms with Crippen LogP contribution in [-0.2, 0) is 65.4 Å². The van der Waals surface area contributed by atoms with E-state index in [0.29, 0.717) is 25.7 Å². The van der Waals surface area contributed by atoms with Crippen LogP contribution in [-0.4, -0.2) is 96.7 Å². The van der Waals surface area contributed by atoms with Gasteiger partial charge in [0, 0.05) is 25.7 Å².